The molecule has 0 saturated carbocycles. The van der Waals surface area contributed by atoms with Crippen molar-refractivity contribution in [3.05, 3.63) is 119 Å². The summed E-state index contributed by atoms with van der Waals surface area (Å²) < 4.78 is 11.3. The number of hydrogen-bond donors (Lipinski definition) is 1. The number of nitrogens with one attached hydrogen (secondary N) is 1. The summed E-state index contributed by atoms with van der Waals surface area (Å²) in [5.41, 5.74) is 3.31. The molecule has 0 radical (unpaired) electrons. The van der Waals surface area contributed by atoms with Gasteiger partial charge in [0.2, 0.25) is 0 Å². The Morgan fingerprint density at radius 2 is 1.65 bits per heavy atom. The summed E-state index contributed by atoms with van der Waals surface area (Å²) in [6.45, 7) is 0.495. The van der Waals surface area contributed by atoms with Crippen LogP contribution in [-0.2, 0) is 12.4 Å². The molecule has 4 nitrogen and oxygen atoms in total. The molecule has 1 N–H and O–H groups in total. The maximum absolute atomic E-state index is 12.9. The molecule has 0 aromatic heterocycles. The average molecular weight is 490 g/mol. The SMILES string of the molecule is COc1ccc(C(=O)Nc2ccc(OCc3ccccc3)cc2)cc1CSc1ccc(Cl)cc1. The zero-order valence-electron chi connectivity index (χ0n) is 18.7. The van der Waals surface area contributed by atoms with Crippen molar-refractivity contribution in [2.24, 2.45) is 0 Å². The van der Waals surface area contributed by atoms with Crippen LogP contribution >= 0.6 is 23.4 Å². The van der Waals surface area contributed by atoms with E-state index in [1.807, 2.05) is 91.0 Å². The maximum Gasteiger partial charge on any atom is 0.255 e. The molecular weight excluding hydrogens is 466 g/mol. The van der Waals surface area contributed by atoms with E-state index < -0.39 is 0 Å². The van der Waals surface area contributed by atoms with E-state index >= 15 is 0 Å². The van der Waals surface area contributed by atoms with Crippen LogP contribution in [0.25, 0.3) is 0 Å². The summed E-state index contributed by atoms with van der Waals surface area (Å²) in [6.07, 6.45) is 0. The van der Waals surface area contributed by atoms with Gasteiger partial charge in [0.25, 0.3) is 5.91 Å². The fourth-order valence-corrected chi connectivity index (χ4v) is 4.31. The van der Waals surface area contributed by atoms with Gasteiger partial charge in [-0.3, -0.25) is 4.79 Å². The fraction of sp³-hybridized carbons (Fsp3) is 0.107. The van der Waals surface area contributed by atoms with Gasteiger partial charge in [-0.25, -0.2) is 0 Å². The van der Waals surface area contributed by atoms with Gasteiger partial charge in [0.1, 0.15) is 18.1 Å². The van der Waals surface area contributed by atoms with Crippen LogP contribution in [0.5, 0.6) is 11.5 Å². The van der Waals surface area contributed by atoms with Crippen molar-refractivity contribution < 1.29 is 14.3 Å². The Morgan fingerprint density at radius 1 is 0.912 bits per heavy atom. The van der Waals surface area contributed by atoms with E-state index in [1.165, 1.54) is 0 Å². The molecule has 0 bridgehead atoms. The lowest BCUT2D eigenvalue weighted by molar-refractivity contribution is 0.102. The van der Waals surface area contributed by atoms with Gasteiger partial charge in [-0.1, -0.05) is 41.9 Å². The van der Waals surface area contributed by atoms with Crippen LogP contribution in [0.3, 0.4) is 0 Å². The van der Waals surface area contributed by atoms with E-state index in [4.69, 9.17) is 21.1 Å². The summed E-state index contributed by atoms with van der Waals surface area (Å²) in [5.74, 6) is 1.98. The van der Waals surface area contributed by atoms with Gasteiger partial charge in [0.05, 0.1) is 7.11 Å². The molecule has 4 aromatic rings. The number of carbonyl (C=O) groups is 1. The summed E-state index contributed by atoms with van der Waals surface area (Å²) in [7, 11) is 1.63. The minimum Gasteiger partial charge on any atom is -0.496 e. The highest BCUT2D eigenvalue weighted by Crippen LogP contribution is 2.30. The van der Waals surface area contributed by atoms with E-state index in [2.05, 4.69) is 5.32 Å². The third-order valence-corrected chi connectivity index (χ3v) is 6.42. The molecule has 0 aliphatic heterocycles. The van der Waals surface area contributed by atoms with Crippen LogP contribution in [0.4, 0.5) is 5.69 Å². The van der Waals surface area contributed by atoms with Gasteiger partial charge in [-0.15, -0.1) is 11.8 Å². The fourth-order valence-electron chi connectivity index (χ4n) is 3.30. The molecule has 0 spiro atoms. The molecule has 0 unspecified atom stereocenters. The normalized spacial score (nSPS) is 10.5. The maximum atomic E-state index is 12.9. The monoisotopic (exact) mass is 489 g/mol. The number of methoxy groups -OCH3 is 1. The highest BCUT2D eigenvalue weighted by atomic mass is 35.5. The van der Waals surface area contributed by atoms with Crippen LogP contribution < -0.4 is 14.8 Å². The second-order valence-corrected chi connectivity index (χ2v) is 9.01. The molecule has 4 rings (SSSR count). The van der Waals surface area contributed by atoms with Gasteiger partial charge in [-0.2, -0.15) is 0 Å². The number of hydrogen-bond acceptors (Lipinski definition) is 4. The van der Waals surface area contributed by atoms with E-state index in [1.54, 1.807) is 24.9 Å². The summed E-state index contributed by atoms with van der Waals surface area (Å²) in [6, 6.07) is 30.5. The molecule has 0 heterocycles. The highest BCUT2D eigenvalue weighted by Gasteiger charge is 2.12. The molecule has 34 heavy (non-hydrogen) atoms. The van der Waals surface area contributed by atoms with Crippen molar-refractivity contribution in [2.45, 2.75) is 17.3 Å². The lowest BCUT2D eigenvalue weighted by atomic mass is 10.1. The Hall–Kier alpha value is -3.41. The first kappa shape index (κ1) is 23.7. The molecule has 1 amide bonds. The zero-order valence-corrected chi connectivity index (χ0v) is 20.2. The summed E-state index contributed by atoms with van der Waals surface area (Å²) in [5, 5.41) is 3.65. The molecule has 0 aliphatic carbocycles. The average Bonchev–Trinajstić information content (AvgIpc) is 2.88. The van der Waals surface area contributed by atoms with Crippen molar-refractivity contribution in [1.82, 2.24) is 0 Å². The van der Waals surface area contributed by atoms with E-state index in [9.17, 15) is 4.79 Å². The Morgan fingerprint density at radius 3 is 2.35 bits per heavy atom. The van der Waals surface area contributed by atoms with Gasteiger partial charge in [0, 0.05) is 32.5 Å². The Labute approximate surface area is 208 Å². The predicted octanol–water partition coefficient (Wildman–Crippen LogP) is 7.47. The first-order valence-corrected chi connectivity index (χ1v) is 12.1. The standard InChI is InChI=1S/C28H24ClNO3S/c1-32-27-16-7-21(17-22(27)19-34-26-14-8-23(29)9-15-26)28(31)30-24-10-12-25(13-11-24)33-18-20-5-3-2-4-6-20/h2-17H,18-19H2,1H3,(H,30,31). The Balaban J connectivity index is 1.38. The number of benzene rings is 4. The van der Waals surface area contributed by atoms with Crippen LogP contribution in [0.2, 0.25) is 5.02 Å². The van der Waals surface area contributed by atoms with Crippen molar-refractivity contribution in [3.8, 4) is 11.5 Å². The second kappa shape index (κ2) is 11.6. The smallest absolute Gasteiger partial charge is 0.255 e. The molecular formula is C28H24ClNO3S. The minimum atomic E-state index is -0.182. The highest BCUT2D eigenvalue weighted by molar-refractivity contribution is 7.98. The van der Waals surface area contributed by atoms with Crippen molar-refractivity contribution in [1.29, 1.82) is 0 Å². The molecule has 4 aromatic carbocycles. The summed E-state index contributed by atoms with van der Waals surface area (Å²) in [4.78, 5) is 14.0. The summed E-state index contributed by atoms with van der Waals surface area (Å²) >= 11 is 7.62. The van der Waals surface area contributed by atoms with Crippen LogP contribution in [0.15, 0.2) is 102 Å². The molecule has 6 heteroatoms. The zero-order chi connectivity index (χ0) is 23.8. The lowest BCUT2D eigenvalue weighted by Crippen LogP contribution is -2.12. The largest absolute Gasteiger partial charge is 0.496 e. The van der Waals surface area contributed by atoms with Gasteiger partial charge in [0.15, 0.2) is 0 Å². The number of carbonyl (C=O) groups excluding carboxylic acids is 1. The van der Waals surface area contributed by atoms with Gasteiger partial charge < -0.3 is 14.8 Å². The van der Waals surface area contributed by atoms with Crippen molar-refractivity contribution in [2.75, 3.05) is 12.4 Å². The third-order valence-electron chi connectivity index (χ3n) is 5.11. The third kappa shape index (κ3) is 6.56. The molecule has 0 aliphatic rings. The van der Waals surface area contributed by atoms with Gasteiger partial charge >= 0.3 is 0 Å². The first-order chi connectivity index (χ1) is 16.6. The topological polar surface area (TPSA) is 47.6 Å². The van der Waals surface area contributed by atoms with Gasteiger partial charge in [-0.05, 0) is 72.3 Å². The quantitative estimate of drug-likeness (QED) is 0.248. The first-order valence-electron chi connectivity index (χ1n) is 10.7. The predicted molar refractivity (Wildman–Crippen MR) is 139 cm³/mol. The minimum absolute atomic E-state index is 0.182. The lowest BCUT2D eigenvalue weighted by Gasteiger charge is -2.12. The van der Waals surface area contributed by atoms with E-state index in [0.717, 1.165) is 27.5 Å². The van der Waals surface area contributed by atoms with Crippen molar-refractivity contribution >= 4 is 35.0 Å². The second-order valence-electron chi connectivity index (χ2n) is 7.52. The molecule has 172 valence electrons. The van der Waals surface area contributed by atoms with Crippen LogP contribution in [0, 0.1) is 0 Å². The Bertz CT molecular complexity index is 1230. The number of ether oxygens (including phenoxy) is 2. The van der Waals surface area contributed by atoms with E-state index in [0.29, 0.717) is 28.6 Å². The van der Waals surface area contributed by atoms with Crippen molar-refractivity contribution in [3.63, 3.8) is 0 Å². The van der Waals surface area contributed by atoms with Crippen LogP contribution in [0.1, 0.15) is 21.5 Å². The van der Waals surface area contributed by atoms with Crippen LogP contribution in [-0.4, -0.2) is 13.0 Å². The number of thioether (sulfide) groups is 1. The van der Waals surface area contributed by atoms with E-state index in [-0.39, 0.29) is 5.91 Å². The molecule has 0 fully saturated rings. The number of rotatable bonds is 9. The number of halogens is 1. The molecule has 0 atom stereocenters. The molecule has 0 saturated heterocycles. The Kier molecular flexibility index (Phi) is 8.12. The number of anilines is 1. The number of amides is 1.